The molecule has 0 atom stereocenters. The minimum Gasteiger partial charge on any atom is -0.310 e. The summed E-state index contributed by atoms with van der Waals surface area (Å²) in [6.45, 7) is 0. The van der Waals surface area contributed by atoms with Crippen molar-refractivity contribution in [2.24, 2.45) is 0 Å². The van der Waals surface area contributed by atoms with Crippen molar-refractivity contribution in [1.29, 1.82) is 0 Å². The fourth-order valence-electron chi connectivity index (χ4n) is 8.18. The third kappa shape index (κ3) is 5.60. The zero-order valence-corrected chi connectivity index (χ0v) is 31.4. The van der Waals surface area contributed by atoms with E-state index in [1.165, 1.54) is 84.5 Å². The normalized spacial score (nSPS) is 11.6. The monoisotopic (exact) mass is 735 g/mol. The maximum Gasteiger partial charge on any atom is 0.0468 e. The lowest BCUT2D eigenvalue weighted by Gasteiger charge is -2.26. The molecule has 9 aromatic carbocycles. The van der Waals surface area contributed by atoms with Crippen LogP contribution in [-0.2, 0) is 0 Å². The Hall–Kier alpha value is -6.52. The molecule has 11 rings (SSSR count). The second-order valence-corrected chi connectivity index (χ2v) is 16.3. The molecule has 0 saturated heterocycles. The van der Waals surface area contributed by atoms with Gasteiger partial charge in [-0.2, -0.15) is 0 Å². The van der Waals surface area contributed by atoms with Crippen LogP contribution in [-0.4, -0.2) is 0 Å². The first kappa shape index (κ1) is 32.0. The zero-order valence-electron chi connectivity index (χ0n) is 29.8. The van der Waals surface area contributed by atoms with Crippen LogP contribution in [0.2, 0.25) is 0 Å². The van der Waals surface area contributed by atoms with Crippen molar-refractivity contribution in [3.05, 3.63) is 200 Å². The standard InChI is InChI=1S/C52H33NS2/c1-2-16-43-35(10-1)11-9-19-44(43)39-14-7-12-36(30-39)37-13-8-15-41(31-37)53(42-27-29-52-48(33-42)46-18-4-6-21-50(46)55-52)40-25-22-34(23-26-40)38-24-28-51-47(32-38)45-17-3-5-20-49(45)54-51/h1-33H. The smallest absolute Gasteiger partial charge is 0.0468 e. The Bertz CT molecular complexity index is 3220. The quantitative estimate of drug-likeness (QED) is 0.164. The van der Waals surface area contributed by atoms with Crippen LogP contribution in [0.25, 0.3) is 84.5 Å². The van der Waals surface area contributed by atoms with Crippen LogP contribution in [0.1, 0.15) is 0 Å². The van der Waals surface area contributed by atoms with Crippen molar-refractivity contribution < 1.29 is 0 Å². The number of anilines is 3. The Morgan fingerprint density at radius 2 is 0.782 bits per heavy atom. The molecule has 0 unspecified atom stereocenters. The van der Waals surface area contributed by atoms with Crippen molar-refractivity contribution in [3.8, 4) is 33.4 Å². The first-order valence-corrected chi connectivity index (χ1v) is 20.3. The van der Waals surface area contributed by atoms with Gasteiger partial charge in [0.05, 0.1) is 0 Å². The van der Waals surface area contributed by atoms with E-state index in [2.05, 4.69) is 205 Å². The minimum atomic E-state index is 1.12. The summed E-state index contributed by atoms with van der Waals surface area (Å²) in [4.78, 5) is 2.41. The lowest BCUT2D eigenvalue weighted by Crippen LogP contribution is -2.10. The summed E-state index contributed by atoms with van der Waals surface area (Å²) >= 11 is 3.72. The van der Waals surface area contributed by atoms with E-state index in [0.29, 0.717) is 0 Å². The highest BCUT2D eigenvalue weighted by atomic mass is 32.1. The van der Waals surface area contributed by atoms with Gasteiger partial charge in [0.2, 0.25) is 0 Å². The predicted octanol–water partition coefficient (Wildman–Crippen LogP) is 16.0. The van der Waals surface area contributed by atoms with Gasteiger partial charge in [0.25, 0.3) is 0 Å². The zero-order chi connectivity index (χ0) is 36.3. The van der Waals surface area contributed by atoms with Crippen molar-refractivity contribution in [2.45, 2.75) is 0 Å². The van der Waals surface area contributed by atoms with Gasteiger partial charge in [0.1, 0.15) is 0 Å². The fourth-order valence-corrected chi connectivity index (χ4v) is 10.3. The average molecular weight is 736 g/mol. The van der Waals surface area contributed by atoms with Gasteiger partial charge in [-0.3, -0.25) is 0 Å². The Labute approximate surface area is 327 Å². The number of benzene rings is 9. The summed E-state index contributed by atoms with van der Waals surface area (Å²) in [6, 6.07) is 73.5. The molecular weight excluding hydrogens is 703 g/mol. The molecule has 2 aromatic heterocycles. The molecule has 11 aromatic rings. The van der Waals surface area contributed by atoms with E-state index in [-0.39, 0.29) is 0 Å². The third-order valence-electron chi connectivity index (χ3n) is 10.9. The van der Waals surface area contributed by atoms with E-state index in [1.807, 2.05) is 22.7 Å². The summed E-state index contributed by atoms with van der Waals surface area (Å²) in [6.07, 6.45) is 0. The lowest BCUT2D eigenvalue weighted by atomic mass is 9.95. The van der Waals surface area contributed by atoms with Crippen LogP contribution in [0, 0.1) is 0 Å². The summed E-state index contributed by atoms with van der Waals surface area (Å²) in [5.41, 5.74) is 10.6. The predicted molar refractivity (Wildman–Crippen MR) is 241 cm³/mol. The molecule has 0 aliphatic heterocycles. The number of thiophene rings is 2. The number of hydrogen-bond acceptors (Lipinski definition) is 3. The average Bonchev–Trinajstić information content (AvgIpc) is 3.82. The largest absolute Gasteiger partial charge is 0.310 e. The first-order chi connectivity index (χ1) is 27.2. The molecule has 3 heteroatoms. The summed E-state index contributed by atoms with van der Waals surface area (Å²) in [5.74, 6) is 0. The van der Waals surface area contributed by atoms with Crippen molar-refractivity contribution >= 4 is 90.9 Å². The van der Waals surface area contributed by atoms with Crippen LogP contribution in [0.3, 0.4) is 0 Å². The topological polar surface area (TPSA) is 3.24 Å². The van der Waals surface area contributed by atoms with Gasteiger partial charge in [0.15, 0.2) is 0 Å². The Morgan fingerprint density at radius 1 is 0.273 bits per heavy atom. The molecule has 0 bridgehead atoms. The summed E-state index contributed by atoms with van der Waals surface area (Å²) in [7, 11) is 0. The van der Waals surface area contributed by atoms with E-state index in [0.717, 1.165) is 17.1 Å². The van der Waals surface area contributed by atoms with Crippen molar-refractivity contribution in [2.75, 3.05) is 4.90 Å². The second kappa shape index (κ2) is 13.1. The molecule has 2 heterocycles. The minimum absolute atomic E-state index is 1.12. The van der Waals surface area contributed by atoms with Gasteiger partial charge in [-0.05, 0) is 117 Å². The molecule has 0 amide bonds. The second-order valence-electron chi connectivity index (χ2n) is 14.1. The Morgan fingerprint density at radius 3 is 1.56 bits per heavy atom. The molecule has 1 nitrogen and oxygen atoms in total. The van der Waals surface area contributed by atoms with Crippen LogP contribution < -0.4 is 4.90 Å². The Balaban J connectivity index is 1.03. The summed E-state index contributed by atoms with van der Waals surface area (Å²) < 4.78 is 5.27. The lowest BCUT2D eigenvalue weighted by molar-refractivity contribution is 1.29. The highest BCUT2D eigenvalue weighted by Crippen LogP contribution is 2.43. The van der Waals surface area contributed by atoms with Gasteiger partial charge in [-0.1, -0.05) is 127 Å². The van der Waals surface area contributed by atoms with Crippen LogP contribution >= 0.6 is 22.7 Å². The molecule has 258 valence electrons. The highest BCUT2D eigenvalue weighted by Gasteiger charge is 2.17. The van der Waals surface area contributed by atoms with Gasteiger partial charge in [-0.25, -0.2) is 0 Å². The number of fused-ring (bicyclic) bond motifs is 7. The maximum absolute atomic E-state index is 2.41. The fraction of sp³-hybridized carbons (Fsp3) is 0. The van der Waals surface area contributed by atoms with E-state index in [9.17, 15) is 0 Å². The number of hydrogen-bond donors (Lipinski definition) is 0. The molecule has 0 aliphatic carbocycles. The van der Waals surface area contributed by atoms with Gasteiger partial charge < -0.3 is 4.90 Å². The van der Waals surface area contributed by atoms with E-state index in [1.54, 1.807) is 0 Å². The maximum atomic E-state index is 2.41. The molecular formula is C52H33NS2. The SMILES string of the molecule is c1cc(-c2cccc(N(c3ccc(-c4ccc5sc6ccccc6c5c4)cc3)c3ccc4sc5ccccc5c4c3)c2)cc(-c2cccc3ccccc23)c1. The van der Waals surface area contributed by atoms with Crippen molar-refractivity contribution in [3.63, 3.8) is 0 Å². The number of rotatable bonds is 6. The van der Waals surface area contributed by atoms with E-state index in [4.69, 9.17) is 0 Å². The summed E-state index contributed by atoms with van der Waals surface area (Å²) in [5, 5.41) is 7.76. The van der Waals surface area contributed by atoms with Crippen LogP contribution in [0.5, 0.6) is 0 Å². The van der Waals surface area contributed by atoms with Gasteiger partial charge in [0, 0.05) is 57.4 Å². The van der Waals surface area contributed by atoms with E-state index >= 15 is 0 Å². The molecule has 0 N–H and O–H groups in total. The van der Waals surface area contributed by atoms with Gasteiger partial charge in [-0.15, -0.1) is 22.7 Å². The molecule has 0 spiro atoms. The highest BCUT2D eigenvalue weighted by molar-refractivity contribution is 7.26. The van der Waals surface area contributed by atoms with Gasteiger partial charge >= 0.3 is 0 Å². The molecule has 0 radical (unpaired) electrons. The molecule has 0 fully saturated rings. The first-order valence-electron chi connectivity index (χ1n) is 18.7. The molecule has 0 saturated carbocycles. The number of nitrogens with zero attached hydrogens (tertiary/aromatic N) is 1. The molecule has 55 heavy (non-hydrogen) atoms. The van der Waals surface area contributed by atoms with Crippen LogP contribution in [0.4, 0.5) is 17.1 Å². The van der Waals surface area contributed by atoms with Crippen LogP contribution in [0.15, 0.2) is 200 Å². The molecule has 0 aliphatic rings. The van der Waals surface area contributed by atoms with E-state index < -0.39 is 0 Å². The third-order valence-corrected chi connectivity index (χ3v) is 13.2. The van der Waals surface area contributed by atoms with Crippen molar-refractivity contribution in [1.82, 2.24) is 0 Å². The Kier molecular flexibility index (Phi) is 7.61.